The van der Waals surface area contributed by atoms with Crippen molar-refractivity contribution < 1.29 is 0 Å². The van der Waals surface area contributed by atoms with E-state index in [1.54, 1.807) is 0 Å². The number of rotatable bonds is 2. The largest absolute Gasteiger partial charge is 0.292 e. The Kier molecular flexibility index (Phi) is 4.39. The third-order valence-electron chi connectivity index (χ3n) is 7.80. The third kappa shape index (κ3) is 2.98. The van der Waals surface area contributed by atoms with Gasteiger partial charge < -0.3 is 0 Å². The number of fused-ring (bicyclic) bond motifs is 10. The van der Waals surface area contributed by atoms with Crippen LogP contribution < -0.4 is 0 Å². The Hall–Kier alpha value is -4.51. The molecule has 2 nitrogen and oxygen atoms in total. The first-order valence-electron chi connectivity index (χ1n) is 13.1. The van der Waals surface area contributed by atoms with Crippen LogP contribution in [0.5, 0.6) is 0 Å². The normalized spacial score (nSPS) is 12.1. The first kappa shape index (κ1) is 21.4. The molecular formula is C35H20N2S2. The van der Waals surface area contributed by atoms with Crippen LogP contribution in [0.1, 0.15) is 0 Å². The van der Waals surface area contributed by atoms with E-state index in [9.17, 15) is 0 Å². The second kappa shape index (κ2) is 8.00. The van der Waals surface area contributed by atoms with Gasteiger partial charge in [-0.15, -0.1) is 22.7 Å². The molecule has 0 amide bonds. The molecule has 182 valence electrons. The van der Waals surface area contributed by atoms with Crippen LogP contribution in [0.3, 0.4) is 0 Å². The van der Waals surface area contributed by atoms with Crippen LogP contribution >= 0.6 is 22.7 Å². The third-order valence-corrected chi connectivity index (χ3v) is 10.2. The lowest BCUT2D eigenvalue weighted by Crippen LogP contribution is -1.99. The van der Waals surface area contributed by atoms with Gasteiger partial charge in [0.2, 0.25) is 0 Å². The maximum atomic E-state index is 5.45. The summed E-state index contributed by atoms with van der Waals surface area (Å²) in [5.41, 5.74) is 4.60. The van der Waals surface area contributed by atoms with Crippen molar-refractivity contribution in [3.63, 3.8) is 0 Å². The highest BCUT2D eigenvalue weighted by Crippen LogP contribution is 2.45. The summed E-state index contributed by atoms with van der Waals surface area (Å²) >= 11 is 3.71. The molecule has 0 spiro atoms. The van der Waals surface area contributed by atoms with E-state index in [1.165, 1.54) is 62.2 Å². The quantitative estimate of drug-likeness (QED) is 0.216. The summed E-state index contributed by atoms with van der Waals surface area (Å²) in [5.74, 6) is 0.959. The summed E-state index contributed by atoms with van der Waals surface area (Å²) in [7, 11) is 0. The lowest BCUT2D eigenvalue weighted by Gasteiger charge is -2.11. The van der Waals surface area contributed by atoms with Gasteiger partial charge >= 0.3 is 0 Å². The van der Waals surface area contributed by atoms with Crippen LogP contribution in [0, 0.1) is 0 Å². The average Bonchev–Trinajstić information content (AvgIpc) is 3.66. The molecule has 0 saturated heterocycles. The fourth-order valence-corrected chi connectivity index (χ4v) is 8.52. The molecule has 4 heterocycles. The summed E-state index contributed by atoms with van der Waals surface area (Å²) in [6.07, 6.45) is 0. The number of hydrogen-bond donors (Lipinski definition) is 0. The van der Waals surface area contributed by atoms with Crippen molar-refractivity contribution in [2.45, 2.75) is 0 Å². The maximum absolute atomic E-state index is 5.45. The lowest BCUT2D eigenvalue weighted by molar-refractivity contribution is 1.10. The second-order valence-electron chi connectivity index (χ2n) is 9.96. The molecule has 0 radical (unpaired) electrons. The summed E-state index contributed by atoms with van der Waals surface area (Å²) in [6.45, 7) is 0. The zero-order valence-corrected chi connectivity index (χ0v) is 22.4. The van der Waals surface area contributed by atoms with Crippen molar-refractivity contribution in [2.24, 2.45) is 0 Å². The number of hydrogen-bond acceptors (Lipinski definition) is 3. The smallest absolute Gasteiger partial charge is 0.139 e. The molecule has 0 fully saturated rings. The Morgan fingerprint density at radius 1 is 0.487 bits per heavy atom. The van der Waals surface area contributed by atoms with Gasteiger partial charge in [-0.3, -0.25) is 4.57 Å². The molecule has 0 saturated carbocycles. The van der Waals surface area contributed by atoms with Crippen molar-refractivity contribution in [1.29, 1.82) is 0 Å². The molecule has 4 heteroatoms. The topological polar surface area (TPSA) is 17.8 Å². The molecule has 0 aliphatic rings. The van der Waals surface area contributed by atoms with Gasteiger partial charge in [-0.05, 0) is 24.3 Å². The molecule has 9 rings (SSSR count). The van der Waals surface area contributed by atoms with Gasteiger partial charge in [-0.1, -0.05) is 97.1 Å². The van der Waals surface area contributed by atoms with Crippen LogP contribution in [-0.4, -0.2) is 9.55 Å². The molecule has 9 aromatic rings. The number of thiophene rings is 2. The Balaban J connectivity index is 1.49. The maximum Gasteiger partial charge on any atom is 0.139 e. The van der Waals surface area contributed by atoms with Crippen LogP contribution in [0.15, 0.2) is 121 Å². The molecule has 5 aromatic carbocycles. The number of benzene rings is 5. The standard InChI is InChI=1S/C35H20N2S2/c1-2-10-21(11-3-1)32-34-27(24-14-6-9-17-30(24)38-34)20-31(36-32)37-28-15-7-4-12-22(28)25-18-19-26-23-13-5-8-16-29(23)39-35(26)33(25)37/h1-20H. The molecule has 0 atom stereocenters. The van der Waals surface area contributed by atoms with Gasteiger partial charge in [0.15, 0.2) is 0 Å². The van der Waals surface area contributed by atoms with E-state index in [-0.39, 0.29) is 0 Å². The van der Waals surface area contributed by atoms with E-state index >= 15 is 0 Å². The van der Waals surface area contributed by atoms with E-state index in [2.05, 4.69) is 126 Å². The molecule has 0 aliphatic heterocycles. The minimum atomic E-state index is 0.959. The van der Waals surface area contributed by atoms with Crippen LogP contribution in [0.25, 0.3) is 79.2 Å². The Bertz CT molecular complexity index is 2390. The molecule has 0 aliphatic carbocycles. The number of pyridine rings is 1. The van der Waals surface area contributed by atoms with Gasteiger partial charge in [-0.25, -0.2) is 4.98 Å². The van der Waals surface area contributed by atoms with Crippen molar-refractivity contribution in [2.75, 3.05) is 0 Å². The first-order chi connectivity index (χ1) is 19.3. The zero-order chi connectivity index (χ0) is 25.5. The number of aromatic nitrogens is 2. The van der Waals surface area contributed by atoms with Gasteiger partial charge in [-0.2, -0.15) is 0 Å². The zero-order valence-electron chi connectivity index (χ0n) is 20.8. The minimum absolute atomic E-state index is 0.959. The fourth-order valence-electron chi connectivity index (χ4n) is 6.09. The summed E-state index contributed by atoms with van der Waals surface area (Å²) in [5, 5.41) is 7.68. The predicted molar refractivity (Wildman–Crippen MR) is 170 cm³/mol. The van der Waals surface area contributed by atoms with E-state index in [0.29, 0.717) is 0 Å². The van der Waals surface area contributed by atoms with Crippen molar-refractivity contribution in [1.82, 2.24) is 9.55 Å². The van der Waals surface area contributed by atoms with Crippen LogP contribution in [0.4, 0.5) is 0 Å². The monoisotopic (exact) mass is 532 g/mol. The summed E-state index contributed by atoms with van der Waals surface area (Å²) in [6, 6.07) is 43.7. The van der Waals surface area contributed by atoms with Crippen LogP contribution in [-0.2, 0) is 0 Å². The van der Waals surface area contributed by atoms with Gasteiger partial charge in [0, 0.05) is 47.3 Å². The average molecular weight is 533 g/mol. The van der Waals surface area contributed by atoms with Crippen molar-refractivity contribution in [3.05, 3.63) is 121 Å². The van der Waals surface area contributed by atoms with Crippen molar-refractivity contribution in [3.8, 4) is 17.1 Å². The summed E-state index contributed by atoms with van der Waals surface area (Å²) < 4.78 is 7.55. The molecular weight excluding hydrogens is 513 g/mol. The SMILES string of the molecule is c1ccc(-c2nc(-n3c4ccccc4c4ccc5c6ccccc6sc5c43)cc3c2sc2ccccc23)cc1. The van der Waals surface area contributed by atoms with E-state index in [4.69, 9.17) is 4.98 Å². The second-order valence-corrected chi connectivity index (χ2v) is 12.1. The van der Waals surface area contributed by atoms with Gasteiger partial charge in [0.05, 0.1) is 26.1 Å². The minimum Gasteiger partial charge on any atom is -0.292 e. The van der Waals surface area contributed by atoms with Gasteiger partial charge in [0.25, 0.3) is 0 Å². The highest BCUT2D eigenvalue weighted by Gasteiger charge is 2.21. The van der Waals surface area contributed by atoms with Crippen molar-refractivity contribution >= 4 is 84.8 Å². The number of para-hydroxylation sites is 1. The van der Waals surface area contributed by atoms with Crippen LogP contribution in [0.2, 0.25) is 0 Å². The molecule has 4 aromatic heterocycles. The highest BCUT2D eigenvalue weighted by atomic mass is 32.1. The molecule has 39 heavy (non-hydrogen) atoms. The Labute approximate surface area is 232 Å². The Morgan fingerprint density at radius 2 is 1.10 bits per heavy atom. The highest BCUT2D eigenvalue weighted by molar-refractivity contribution is 7.27. The van der Waals surface area contributed by atoms with Gasteiger partial charge in [0.1, 0.15) is 5.82 Å². The molecule has 0 unspecified atom stereocenters. The molecule has 0 N–H and O–H groups in total. The van der Waals surface area contributed by atoms with E-state index in [1.807, 2.05) is 22.7 Å². The predicted octanol–water partition coefficient (Wildman–Crippen LogP) is 10.6. The fraction of sp³-hybridized carbons (Fsp3) is 0. The molecule has 0 bridgehead atoms. The van der Waals surface area contributed by atoms with E-state index < -0.39 is 0 Å². The van der Waals surface area contributed by atoms with E-state index in [0.717, 1.165) is 17.1 Å². The Morgan fingerprint density at radius 3 is 1.90 bits per heavy atom. The summed E-state index contributed by atoms with van der Waals surface area (Å²) in [4.78, 5) is 5.45. The number of nitrogens with zero attached hydrogens (tertiary/aromatic N) is 2. The first-order valence-corrected chi connectivity index (χ1v) is 14.7. The lowest BCUT2D eigenvalue weighted by atomic mass is 10.1.